The van der Waals surface area contributed by atoms with Gasteiger partial charge in [-0.2, -0.15) is 0 Å². The van der Waals surface area contributed by atoms with Crippen LogP contribution in [0.4, 0.5) is 0 Å². The number of nitrogens with two attached hydrogens (primary N) is 2. The molecular weight excluding hydrogens is 470 g/mol. The number of fused-ring (bicyclic) bond motifs is 1. The summed E-state index contributed by atoms with van der Waals surface area (Å²) in [6.45, 7) is 0.286. The summed E-state index contributed by atoms with van der Waals surface area (Å²) in [4.78, 5) is 55.8. The second-order valence-corrected chi connectivity index (χ2v) is 10.1. The van der Waals surface area contributed by atoms with Gasteiger partial charge in [0.15, 0.2) is 11.7 Å². The second-order valence-electron chi connectivity index (χ2n) is 8.88. The summed E-state index contributed by atoms with van der Waals surface area (Å²) >= 11 is 1.59. The van der Waals surface area contributed by atoms with E-state index in [-0.39, 0.29) is 60.7 Å². The number of carboxylic acids is 1. The number of piperidine rings is 1. The first-order valence-electron chi connectivity index (χ1n) is 11.8. The molecule has 2 aliphatic rings. The number of carbonyl (C=O) groups excluding carboxylic acids is 3. The van der Waals surface area contributed by atoms with Crippen LogP contribution in [0.25, 0.3) is 0 Å². The van der Waals surface area contributed by atoms with E-state index in [0.29, 0.717) is 18.6 Å². The van der Waals surface area contributed by atoms with Crippen LogP contribution < -0.4 is 16.8 Å². The highest BCUT2D eigenvalue weighted by Gasteiger charge is 2.46. The molecule has 11 heteroatoms. The van der Waals surface area contributed by atoms with Crippen LogP contribution in [0.1, 0.15) is 44.1 Å². The highest BCUT2D eigenvalue weighted by atomic mass is 32.2. The van der Waals surface area contributed by atoms with Gasteiger partial charge >= 0.3 is 5.97 Å². The minimum absolute atomic E-state index is 0.0308. The third kappa shape index (κ3) is 7.45. The molecule has 0 saturated carbocycles. The summed E-state index contributed by atoms with van der Waals surface area (Å²) in [7, 11) is 0. The molecule has 10 nitrogen and oxygen atoms in total. The van der Waals surface area contributed by atoms with Crippen LogP contribution in [-0.4, -0.2) is 69.3 Å². The largest absolute Gasteiger partial charge is 0.481 e. The van der Waals surface area contributed by atoms with E-state index >= 15 is 0 Å². The molecule has 190 valence electrons. The van der Waals surface area contributed by atoms with Crippen molar-refractivity contribution in [2.24, 2.45) is 22.4 Å². The number of rotatable bonds is 12. The first-order chi connectivity index (χ1) is 16.8. The minimum atomic E-state index is -1.08. The molecule has 1 aromatic carbocycles. The number of hydrogen-bond acceptors (Lipinski definition) is 6. The number of hydrogen-bond donors (Lipinski definition) is 4. The predicted octanol–water partition coefficient (Wildman–Crippen LogP) is 0.882. The van der Waals surface area contributed by atoms with Crippen molar-refractivity contribution in [3.8, 4) is 0 Å². The van der Waals surface area contributed by atoms with Gasteiger partial charge in [0.25, 0.3) is 0 Å². The molecule has 3 unspecified atom stereocenters. The van der Waals surface area contributed by atoms with Gasteiger partial charge in [0.05, 0.1) is 17.8 Å². The van der Waals surface area contributed by atoms with Crippen LogP contribution in [0, 0.1) is 5.92 Å². The van der Waals surface area contributed by atoms with Crippen molar-refractivity contribution in [2.45, 2.75) is 62.4 Å². The Bertz CT molecular complexity index is 953. The highest BCUT2D eigenvalue weighted by Crippen LogP contribution is 2.39. The first kappa shape index (κ1) is 26.5. The maximum Gasteiger partial charge on any atom is 0.303 e. The zero-order valence-corrected chi connectivity index (χ0v) is 20.4. The van der Waals surface area contributed by atoms with Gasteiger partial charge in [0, 0.05) is 24.6 Å². The molecule has 2 aliphatic heterocycles. The van der Waals surface area contributed by atoms with Gasteiger partial charge in [-0.3, -0.25) is 24.2 Å². The number of benzene rings is 1. The predicted molar refractivity (Wildman–Crippen MR) is 133 cm³/mol. The Kier molecular flexibility index (Phi) is 9.53. The summed E-state index contributed by atoms with van der Waals surface area (Å²) < 4.78 is 0. The van der Waals surface area contributed by atoms with Crippen molar-refractivity contribution in [2.75, 3.05) is 12.3 Å². The maximum atomic E-state index is 13.4. The molecule has 2 amide bonds. The van der Waals surface area contributed by atoms with Crippen LogP contribution in [0.3, 0.4) is 0 Å². The SMILES string of the molecule is NC(N)=NCCCC(NC(=O)[C@@H]1CSC2CCC(Cc3ccccc3)C(=O)N21)C(=O)CCC(=O)O. The summed E-state index contributed by atoms with van der Waals surface area (Å²) in [5, 5.41) is 11.7. The van der Waals surface area contributed by atoms with Gasteiger partial charge in [-0.25, -0.2) is 0 Å². The van der Waals surface area contributed by atoms with Gasteiger partial charge < -0.3 is 26.8 Å². The number of nitrogens with one attached hydrogen (secondary N) is 1. The molecule has 0 aliphatic carbocycles. The molecule has 4 atom stereocenters. The molecule has 2 saturated heterocycles. The number of aliphatic carboxylic acids is 1. The van der Waals surface area contributed by atoms with Gasteiger partial charge in [0.2, 0.25) is 11.8 Å². The van der Waals surface area contributed by atoms with Crippen LogP contribution >= 0.6 is 11.8 Å². The van der Waals surface area contributed by atoms with Gasteiger partial charge in [-0.1, -0.05) is 30.3 Å². The van der Waals surface area contributed by atoms with E-state index < -0.39 is 18.1 Å². The zero-order valence-electron chi connectivity index (χ0n) is 19.6. The van der Waals surface area contributed by atoms with E-state index in [9.17, 15) is 19.2 Å². The molecule has 2 heterocycles. The van der Waals surface area contributed by atoms with E-state index in [0.717, 1.165) is 18.4 Å². The third-order valence-electron chi connectivity index (χ3n) is 6.32. The summed E-state index contributed by atoms with van der Waals surface area (Å²) in [5.41, 5.74) is 11.8. The summed E-state index contributed by atoms with van der Waals surface area (Å²) in [5.74, 6) is -1.65. The smallest absolute Gasteiger partial charge is 0.303 e. The van der Waals surface area contributed by atoms with Crippen molar-refractivity contribution in [1.82, 2.24) is 10.2 Å². The number of guanidine groups is 1. The number of carbonyl (C=O) groups is 4. The summed E-state index contributed by atoms with van der Waals surface area (Å²) in [6, 6.07) is 8.30. The molecule has 3 rings (SSSR count). The Labute approximate surface area is 208 Å². The molecule has 2 fully saturated rings. The first-order valence-corrected chi connectivity index (χ1v) is 12.9. The quantitative estimate of drug-likeness (QED) is 0.185. The fourth-order valence-electron chi connectivity index (χ4n) is 4.54. The normalized spacial score (nSPS) is 22.2. The lowest BCUT2D eigenvalue weighted by Crippen LogP contribution is -2.56. The van der Waals surface area contributed by atoms with Gasteiger partial charge in [0.1, 0.15) is 6.04 Å². The molecule has 0 aromatic heterocycles. The molecule has 1 aromatic rings. The van der Waals surface area contributed by atoms with Crippen molar-refractivity contribution < 1.29 is 24.3 Å². The average molecular weight is 504 g/mol. The van der Waals surface area contributed by atoms with Crippen LogP contribution in [0.5, 0.6) is 0 Å². The number of Topliss-reactive ketones (excluding diaryl/α,β-unsaturated/α-hetero) is 1. The Morgan fingerprint density at radius 1 is 1.17 bits per heavy atom. The standard InChI is InChI=1S/C24H33N5O5S/c25-24(26)27-12-4-7-17(19(30)9-11-21(31)32)28-22(33)18-14-35-20-10-8-16(23(34)29(18)20)13-15-5-2-1-3-6-15/h1-3,5-6,16-18,20H,4,7-14H2,(H,28,33)(H,31,32)(H4,25,26,27)/t16?,17?,18-,20?/m0/s1. The third-order valence-corrected chi connectivity index (χ3v) is 7.68. The number of amides is 2. The molecule has 0 radical (unpaired) electrons. The Balaban J connectivity index is 1.66. The lowest BCUT2D eigenvalue weighted by atomic mass is 9.89. The van der Waals surface area contributed by atoms with Crippen LogP contribution in [0.2, 0.25) is 0 Å². The number of aliphatic imine (C=N–C) groups is 1. The molecule has 6 N–H and O–H groups in total. The topological polar surface area (TPSA) is 168 Å². The van der Waals surface area contributed by atoms with E-state index in [1.807, 2.05) is 30.3 Å². The average Bonchev–Trinajstić information content (AvgIpc) is 3.27. The van der Waals surface area contributed by atoms with Crippen LogP contribution in [-0.2, 0) is 25.6 Å². The summed E-state index contributed by atoms with van der Waals surface area (Å²) in [6.07, 6.45) is 2.43. The van der Waals surface area contributed by atoms with Crippen molar-refractivity contribution in [3.63, 3.8) is 0 Å². The van der Waals surface area contributed by atoms with E-state index in [4.69, 9.17) is 16.6 Å². The second kappa shape index (κ2) is 12.6. The number of nitrogens with zero attached hydrogens (tertiary/aromatic N) is 2. The van der Waals surface area contributed by atoms with Crippen molar-refractivity contribution in [3.05, 3.63) is 35.9 Å². The van der Waals surface area contributed by atoms with Crippen molar-refractivity contribution in [1.29, 1.82) is 0 Å². The molecule has 0 spiro atoms. The lowest BCUT2D eigenvalue weighted by Gasteiger charge is -2.37. The minimum Gasteiger partial charge on any atom is -0.481 e. The van der Waals surface area contributed by atoms with E-state index in [2.05, 4.69) is 10.3 Å². The van der Waals surface area contributed by atoms with Crippen molar-refractivity contribution >= 4 is 41.3 Å². The fourth-order valence-corrected chi connectivity index (χ4v) is 5.97. The Morgan fingerprint density at radius 2 is 1.91 bits per heavy atom. The number of ketones is 1. The van der Waals surface area contributed by atoms with E-state index in [1.54, 1.807) is 16.7 Å². The zero-order chi connectivity index (χ0) is 25.4. The molecule has 35 heavy (non-hydrogen) atoms. The number of thioether (sulfide) groups is 1. The maximum absolute atomic E-state index is 13.4. The van der Waals surface area contributed by atoms with E-state index in [1.165, 1.54) is 0 Å². The van der Waals surface area contributed by atoms with Gasteiger partial charge in [-0.05, 0) is 37.7 Å². The van der Waals surface area contributed by atoms with Gasteiger partial charge in [-0.15, -0.1) is 11.8 Å². The Hall–Kier alpha value is -3.08. The number of carboxylic acid groups (broad SMARTS) is 1. The monoisotopic (exact) mass is 503 g/mol. The Morgan fingerprint density at radius 3 is 2.60 bits per heavy atom. The molecule has 0 bridgehead atoms. The molecular formula is C24H33N5O5S. The van der Waals surface area contributed by atoms with Crippen LogP contribution in [0.15, 0.2) is 35.3 Å². The highest BCUT2D eigenvalue weighted by molar-refractivity contribution is 8.00. The lowest BCUT2D eigenvalue weighted by molar-refractivity contribution is -0.146. The fraction of sp³-hybridized carbons (Fsp3) is 0.542.